The first-order valence-electron chi connectivity index (χ1n) is 5.22. The smallest absolute Gasteiger partial charge is 0.296 e. The molecule has 0 radical (unpaired) electrons. The number of halogens is 3. The van der Waals surface area contributed by atoms with Crippen molar-refractivity contribution in [1.29, 1.82) is 0 Å². The first kappa shape index (κ1) is 13.1. The van der Waals surface area contributed by atoms with Gasteiger partial charge in [-0.2, -0.15) is 25.8 Å². The average molecular weight is 277 g/mol. The van der Waals surface area contributed by atoms with E-state index in [1.54, 1.807) is 0 Å². The Balaban J connectivity index is 2.27. The van der Waals surface area contributed by atoms with Crippen molar-refractivity contribution in [2.75, 3.05) is 17.2 Å². The second-order valence-electron chi connectivity index (χ2n) is 4.02. The van der Waals surface area contributed by atoms with E-state index in [0.29, 0.717) is 12.3 Å². The number of anilines is 1. The van der Waals surface area contributed by atoms with Crippen LogP contribution in [0.15, 0.2) is 12.4 Å². The Morgan fingerprint density at radius 1 is 1.44 bits per heavy atom. The highest BCUT2D eigenvalue weighted by Crippen LogP contribution is 2.30. The number of thiol groups is 1. The lowest BCUT2D eigenvalue weighted by molar-refractivity contribution is -0.141. The van der Waals surface area contributed by atoms with Crippen molar-refractivity contribution in [3.8, 4) is 0 Å². The van der Waals surface area contributed by atoms with E-state index in [1.165, 1.54) is 4.90 Å². The molecule has 0 aliphatic carbocycles. The summed E-state index contributed by atoms with van der Waals surface area (Å²) >= 11 is 4.08. The number of nitrogens with zero attached hydrogens (tertiary/aromatic N) is 3. The Labute approximate surface area is 107 Å². The molecule has 0 saturated carbocycles. The van der Waals surface area contributed by atoms with Crippen molar-refractivity contribution >= 4 is 24.4 Å². The highest BCUT2D eigenvalue weighted by molar-refractivity contribution is 7.80. The van der Waals surface area contributed by atoms with Crippen molar-refractivity contribution in [1.82, 2.24) is 9.97 Å². The number of aromatic nitrogens is 2. The van der Waals surface area contributed by atoms with Gasteiger partial charge in [-0.1, -0.05) is 0 Å². The van der Waals surface area contributed by atoms with Gasteiger partial charge in [-0.25, -0.2) is 9.97 Å². The lowest BCUT2D eigenvalue weighted by atomic mass is 10.1. The van der Waals surface area contributed by atoms with Crippen LogP contribution in [-0.2, 0) is 11.0 Å². The maximum atomic E-state index is 12.5. The zero-order valence-corrected chi connectivity index (χ0v) is 10.1. The minimum absolute atomic E-state index is 0.00777. The lowest BCUT2D eigenvalue weighted by Crippen LogP contribution is -2.26. The molecule has 1 amide bonds. The third-order valence-corrected chi connectivity index (χ3v) is 3.20. The predicted molar refractivity (Wildman–Crippen MR) is 61.3 cm³/mol. The summed E-state index contributed by atoms with van der Waals surface area (Å²) in [6.45, 7) is 0.344. The molecule has 1 atom stereocenters. The fraction of sp³-hybridized carbons (Fsp3) is 0.500. The average Bonchev–Trinajstić information content (AvgIpc) is 2.70. The van der Waals surface area contributed by atoms with Crippen LogP contribution in [0.2, 0.25) is 0 Å². The molecule has 1 unspecified atom stereocenters. The van der Waals surface area contributed by atoms with E-state index < -0.39 is 11.9 Å². The monoisotopic (exact) mass is 277 g/mol. The van der Waals surface area contributed by atoms with Crippen LogP contribution in [0.1, 0.15) is 12.1 Å². The van der Waals surface area contributed by atoms with Gasteiger partial charge in [0.2, 0.25) is 5.91 Å². The van der Waals surface area contributed by atoms with Gasteiger partial charge in [0.1, 0.15) is 17.8 Å². The van der Waals surface area contributed by atoms with E-state index in [-0.39, 0.29) is 24.1 Å². The van der Waals surface area contributed by atoms with E-state index in [1.807, 2.05) is 0 Å². The van der Waals surface area contributed by atoms with Crippen molar-refractivity contribution in [2.45, 2.75) is 12.6 Å². The van der Waals surface area contributed by atoms with Crippen LogP contribution in [0.5, 0.6) is 0 Å². The minimum Gasteiger partial charge on any atom is -0.296 e. The molecular weight excluding hydrogens is 267 g/mol. The third-order valence-electron chi connectivity index (χ3n) is 2.68. The van der Waals surface area contributed by atoms with Gasteiger partial charge in [-0.15, -0.1) is 0 Å². The summed E-state index contributed by atoms with van der Waals surface area (Å²) in [5.74, 6) is 0.317. The van der Waals surface area contributed by atoms with Crippen molar-refractivity contribution < 1.29 is 18.0 Å². The van der Waals surface area contributed by atoms with Gasteiger partial charge in [0.05, 0.1) is 0 Å². The summed E-state index contributed by atoms with van der Waals surface area (Å²) < 4.78 is 37.5. The first-order chi connectivity index (χ1) is 8.41. The largest absolute Gasteiger partial charge is 0.433 e. The molecule has 2 heterocycles. The Bertz CT molecular complexity index is 466. The molecule has 0 spiro atoms. The Hall–Kier alpha value is -1.31. The molecule has 0 bridgehead atoms. The molecule has 0 aromatic carbocycles. The van der Waals surface area contributed by atoms with E-state index in [0.717, 1.165) is 12.4 Å². The number of alkyl halides is 3. The van der Waals surface area contributed by atoms with Gasteiger partial charge < -0.3 is 0 Å². The summed E-state index contributed by atoms with van der Waals surface area (Å²) in [6.07, 6.45) is -3.43. The molecule has 4 nitrogen and oxygen atoms in total. The number of carbonyl (C=O) groups excluding carboxylic acids is 1. The van der Waals surface area contributed by atoms with Gasteiger partial charge in [0.15, 0.2) is 0 Å². The molecule has 1 aromatic rings. The second kappa shape index (κ2) is 4.75. The van der Waals surface area contributed by atoms with E-state index >= 15 is 0 Å². The summed E-state index contributed by atoms with van der Waals surface area (Å²) in [5.41, 5.74) is -1.05. The number of hydrogen-bond donors (Lipinski definition) is 1. The molecule has 1 aromatic heterocycles. The standard InChI is InChI=1S/C10H10F3N3OS/c11-10(12,13)7-2-8(15-5-14-7)16-3-6(4-18)1-9(16)17/h2,5-6,18H,1,3-4H2. The molecule has 98 valence electrons. The number of rotatable bonds is 2. The van der Waals surface area contributed by atoms with Crippen molar-refractivity contribution in [2.24, 2.45) is 5.92 Å². The van der Waals surface area contributed by atoms with Gasteiger partial charge in [0, 0.05) is 19.0 Å². The zero-order valence-electron chi connectivity index (χ0n) is 9.18. The number of hydrogen-bond acceptors (Lipinski definition) is 4. The van der Waals surface area contributed by atoms with Gasteiger partial charge in [0.25, 0.3) is 0 Å². The van der Waals surface area contributed by atoms with Gasteiger partial charge >= 0.3 is 6.18 Å². The topological polar surface area (TPSA) is 46.1 Å². The molecule has 0 N–H and O–H groups in total. The van der Waals surface area contributed by atoms with Crippen molar-refractivity contribution in [3.63, 3.8) is 0 Å². The quantitative estimate of drug-likeness (QED) is 0.838. The highest BCUT2D eigenvalue weighted by atomic mass is 32.1. The summed E-state index contributed by atoms with van der Waals surface area (Å²) in [6, 6.07) is 0.790. The summed E-state index contributed by atoms with van der Waals surface area (Å²) in [7, 11) is 0. The maximum Gasteiger partial charge on any atom is 0.433 e. The molecule has 8 heteroatoms. The normalized spacial score (nSPS) is 20.6. The van der Waals surface area contributed by atoms with Crippen molar-refractivity contribution in [3.05, 3.63) is 18.1 Å². The fourth-order valence-electron chi connectivity index (χ4n) is 1.77. The van der Waals surface area contributed by atoms with Crippen LogP contribution in [-0.4, -0.2) is 28.2 Å². The molecule has 1 aliphatic heterocycles. The third kappa shape index (κ3) is 2.58. The van der Waals surface area contributed by atoms with E-state index in [2.05, 4.69) is 22.6 Å². The maximum absolute atomic E-state index is 12.5. The lowest BCUT2D eigenvalue weighted by Gasteiger charge is -2.16. The highest BCUT2D eigenvalue weighted by Gasteiger charge is 2.35. The molecule has 1 fully saturated rings. The van der Waals surface area contributed by atoms with Crippen LogP contribution in [0.25, 0.3) is 0 Å². The van der Waals surface area contributed by atoms with Gasteiger partial charge in [-0.3, -0.25) is 9.69 Å². The molecule has 1 saturated heterocycles. The first-order valence-corrected chi connectivity index (χ1v) is 5.85. The Morgan fingerprint density at radius 3 is 2.72 bits per heavy atom. The summed E-state index contributed by atoms with van der Waals surface area (Å²) in [4.78, 5) is 19.8. The van der Waals surface area contributed by atoms with Crippen LogP contribution in [0.3, 0.4) is 0 Å². The number of carbonyl (C=O) groups is 1. The Kier molecular flexibility index (Phi) is 3.47. The minimum atomic E-state index is -4.54. The van der Waals surface area contributed by atoms with Crippen LogP contribution in [0, 0.1) is 5.92 Å². The molecular formula is C10H10F3N3OS. The zero-order chi connectivity index (χ0) is 13.3. The second-order valence-corrected chi connectivity index (χ2v) is 4.38. The molecule has 1 aliphatic rings. The van der Waals surface area contributed by atoms with Crippen LogP contribution in [0.4, 0.5) is 19.0 Å². The van der Waals surface area contributed by atoms with Gasteiger partial charge in [-0.05, 0) is 11.7 Å². The Morgan fingerprint density at radius 2 is 2.17 bits per heavy atom. The predicted octanol–water partition coefficient (Wildman–Crippen LogP) is 1.78. The molecule has 2 rings (SSSR count). The number of amides is 1. The fourth-order valence-corrected chi connectivity index (χ4v) is 2.02. The van der Waals surface area contributed by atoms with Crippen LogP contribution >= 0.6 is 12.6 Å². The van der Waals surface area contributed by atoms with E-state index in [9.17, 15) is 18.0 Å². The summed E-state index contributed by atoms with van der Waals surface area (Å²) in [5, 5.41) is 0. The SMILES string of the molecule is O=C1CC(CS)CN1c1cc(C(F)(F)F)ncn1. The van der Waals surface area contributed by atoms with Crippen LogP contribution < -0.4 is 4.90 Å². The molecule has 18 heavy (non-hydrogen) atoms. The van der Waals surface area contributed by atoms with E-state index in [4.69, 9.17) is 0 Å².